The SMILES string of the molecule is CCOc1ccc(C(C(=O)O)=C(C)C)cc1Cl. The Balaban J connectivity index is 3.21. The standard InChI is InChI=1S/C13H15ClO3/c1-4-17-11-6-5-9(7-10(11)14)12(8(2)3)13(15)16/h5-7H,4H2,1-3H3,(H,15,16). The van der Waals surface area contributed by atoms with Crippen molar-refractivity contribution in [2.75, 3.05) is 6.61 Å². The normalized spacial score (nSPS) is 9.88. The number of hydrogen-bond donors (Lipinski definition) is 1. The predicted octanol–water partition coefficient (Wildman–Crippen LogP) is 3.62. The van der Waals surface area contributed by atoms with E-state index in [4.69, 9.17) is 21.4 Å². The summed E-state index contributed by atoms with van der Waals surface area (Å²) < 4.78 is 5.30. The Labute approximate surface area is 106 Å². The summed E-state index contributed by atoms with van der Waals surface area (Å²) in [4.78, 5) is 11.1. The van der Waals surface area contributed by atoms with Gasteiger partial charge in [0.1, 0.15) is 5.75 Å². The Bertz CT molecular complexity index is 460. The minimum Gasteiger partial charge on any atom is -0.492 e. The Hall–Kier alpha value is -1.48. The summed E-state index contributed by atoms with van der Waals surface area (Å²) >= 11 is 6.02. The lowest BCUT2D eigenvalue weighted by Gasteiger charge is -2.09. The summed E-state index contributed by atoms with van der Waals surface area (Å²) in [5.41, 5.74) is 1.60. The molecule has 0 fully saturated rings. The first kappa shape index (κ1) is 13.6. The van der Waals surface area contributed by atoms with Crippen LogP contribution in [-0.4, -0.2) is 17.7 Å². The molecule has 3 nitrogen and oxygen atoms in total. The zero-order valence-electron chi connectivity index (χ0n) is 10.1. The lowest BCUT2D eigenvalue weighted by molar-refractivity contribution is -0.130. The number of allylic oxidation sites excluding steroid dienone is 1. The monoisotopic (exact) mass is 254 g/mol. The van der Waals surface area contributed by atoms with Crippen molar-refractivity contribution in [1.82, 2.24) is 0 Å². The largest absolute Gasteiger partial charge is 0.492 e. The highest BCUT2D eigenvalue weighted by Gasteiger charge is 2.13. The molecule has 92 valence electrons. The Morgan fingerprint density at radius 3 is 2.47 bits per heavy atom. The van der Waals surface area contributed by atoms with Gasteiger partial charge in [-0.1, -0.05) is 23.2 Å². The van der Waals surface area contributed by atoms with E-state index in [9.17, 15) is 4.79 Å². The lowest BCUT2D eigenvalue weighted by Crippen LogP contribution is -2.02. The molecule has 1 aromatic rings. The molecular formula is C13H15ClO3. The number of rotatable bonds is 4. The van der Waals surface area contributed by atoms with Crippen molar-refractivity contribution in [2.45, 2.75) is 20.8 Å². The lowest BCUT2D eigenvalue weighted by atomic mass is 10.0. The summed E-state index contributed by atoms with van der Waals surface area (Å²) in [5, 5.41) is 9.55. The van der Waals surface area contributed by atoms with Gasteiger partial charge in [-0.25, -0.2) is 4.79 Å². The van der Waals surface area contributed by atoms with Crippen molar-refractivity contribution < 1.29 is 14.6 Å². The molecule has 0 heterocycles. The average Bonchev–Trinajstić information content (AvgIpc) is 2.21. The Kier molecular flexibility index (Phi) is 4.58. The zero-order chi connectivity index (χ0) is 13.0. The number of carboxylic acids is 1. The maximum atomic E-state index is 11.1. The van der Waals surface area contributed by atoms with Gasteiger partial charge >= 0.3 is 5.97 Å². The van der Waals surface area contributed by atoms with E-state index in [1.165, 1.54) is 0 Å². The summed E-state index contributed by atoms with van der Waals surface area (Å²) in [6, 6.07) is 5.00. The van der Waals surface area contributed by atoms with E-state index < -0.39 is 5.97 Å². The van der Waals surface area contributed by atoms with Crippen molar-refractivity contribution in [3.63, 3.8) is 0 Å². The van der Waals surface area contributed by atoms with Crippen LogP contribution in [0.4, 0.5) is 0 Å². The van der Waals surface area contributed by atoms with Crippen LogP contribution < -0.4 is 4.74 Å². The molecule has 0 saturated carbocycles. The molecule has 0 unspecified atom stereocenters. The van der Waals surface area contributed by atoms with Gasteiger partial charge in [0.25, 0.3) is 0 Å². The molecule has 0 aromatic heterocycles. The highest BCUT2D eigenvalue weighted by atomic mass is 35.5. The second-order valence-electron chi connectivity index (χ2n) is 3.76. The molecule has 17 heavy (non-hydrogen) atoms. The third-order valence-electron chi connectivity index (χ3n) is 2.23. The fourth-order valence-electron chi connectivity index (χ4n) is 1.55. The Morgan fingerprint density at radius 1 is 1.41 bits per heavy atom. The first-order chi connectivity index (χ1) is 7.97. The third kappa shape index (κ3) is 3.24. The predicted molar refractivity (Wildman–Crippen MR) is 68.5 cm³/mol. The van der Waals surface area contributed by atoms with Gasteiger partial charge in [0, 0.05) is 0 Å². The number of halogens is 1. The van der Waals surface area contributed by atoms with Crippen molar-refractivity contribution >= 4 is 23.1 Å². The van der Waals surface area contributed by atoms with Gasteiger partial charge in [0.05, 0.1) is 17.2 Å². The van der Waals surface area contributed by atoms with Crippen LogP contribution in [-0.2, 0) is 4.79 Å². The third-order valence-corrected chi connectivity index (χ3v) is 2.53. The number of ether oxygens (including phenoxy) is 1. The van der Waals surface area contributed by atoms with Gasteiger partial charge in [-0.05, 0) is 38.5 Å². The fraction of sp³-hybridized carbons (Fsp3) is 0.308. The van der Waals surface area contributed by atoms with Gasteiger partial charge in [0.2, 0.25) is 0 Å². The molecule has 0 aliphatic carbocycles. The van der Waals surface area contributed by atoms with Crippen molar-refractivity contribution in [3.8, 4) is 5.75 Å². The number of aliphatic carboxylic acids is 1. The molecular weight excluding hydrogens is 240 g/mol. The van der Waals surface area contributed by atoms with Gasteiger partial charge in [0.15, 0.2) is 0 Å². The van der Waals surface area contributed by atoms with Gasteiger partial charge in [-0.2, -0.15) is 0 Å². The first-order valence-corrected chi connectivity index (χ1v) is 5.68. The van der Waals surface area contributed by atoms with Crippen LogP contribution in [0.15, 0.2) is 23.8 Å². The average molecular weight is 255 g/mol. The van der Waals surface area contributed by atoms with E-state index in [0.717, 1.165) is 5.57 Å². The van der Waals surface area contributed by atoms with Gasteiger partial charge in [-0.3, -0.25) is 0 Å². The van der Waals surface area contributed by atoms with E-state index in [-0.39, 0.29) is 5.57 Å². The minimum absolute atomic E-state index is 0.273. The van der Waals surface area contributed by atoms with Gasteiger partial charge < -0.3 is 9.84 Å². The Morgan fingerprint density at radius 2 is 2.06 bits per heavy atom. The van der Waals surface area contributed by atoms with E-state index >= 15 is 0 Å². The van der Waals surface area contributed by atoms with Crippen LogP contribution in [0.3, 0.4) is 0 Å². The van der Waals surface area contributed by atoms with E-state index in [0.29, 0.717) is 22.9 Å². The maximum Gasteiger partial charge on any atom is 0.336 e. The molecule has 0 radical (unpaired) electrons. The van der Waals surface area contributed by atoms with Crippen LogP contribution in [0.5, 0.6) is 5.75 Å². The molecule has 0 atom stereocenters. The molecule has 1 aromatic carbocycles. The van der Waals surface area contributed by atoms with Crippen LogP contribution in [0.2, 0.25) is 5.02 Å². The smallest absolute Gasteiger partial charge is 0.336 e. The van der Waals surface area contributed by atoms with Crippen molar-refractivity contribution in [3.05, 3.63) is 34.4 Å². The van der Waals surface area contributed by atoms with Crippen molar-refractivity contribution in [2.24, 2.45) is 0 Å². The highest BCUT2D eigenvalue weighted by Crippen LogP contribution is 2.29. The van der Waals surface area contributed by atoms with Crippen LogP contribution in [0.25, 0.3) is 5.57 Å². The van der Waals surface area contributed by atoms with Gasteiger partial charge in [-0.15, -0.1) is 0 Å². The van der Waals surface area contributed by atoms with Crippen LogP contribution in [0, 0.1) is 0 Å². The molecule has 1 N–H and O–H groups in total. The second kappa shape index (κ2) is 5.73. The summed E-state index contributed by atoms with van der Waals surface area (Å²) in [6.45, 7) is 5.90. The second-order valence-corrected chi connectivity index (χ2v) is 4.17. The van der Waals surface area contributed by atoms with E-state index in [2.05, 4.69) is 0 Å². The number of hydrogen-bond acceptors (Lipinski definition) is 2. The molecule has 0 aliphatic rings. The van der Waals surface area contributed by atoms with E-state index in [1.54, 1.807) is 32.0 Å². The molecule has 0 bridgehead atoms. The number of benzene rings is 1. The summed E-state index contributed by atoms with van der Waals surface area (Å²) in [7, 11) is 0. The molecule has 0 saturated heterocycles. The summed E-state index contributed by atoms with van der Waals surface area (Å²) in [6.07, 6.45) is 0. The van der Waals surface area contributed by atoms with E-state index in [1.807, 2.05) is 6.92 Å². The number of carbonyl (C=O) groups is 1. The van der Waals surface area contributed by atoms with Crippen LogP contribution in [0.1, 0.15) is 26.3 Å². The fourth-order valence-corrected chi connectivity index (χ4v) is 1.79. The highest BCUT2D eigenvalue weighted by molar-refractivity contribution is 6.32. The topological polar surface area (TPSA) is 46.5 Å². The molecule has 0 amide bonds. The quantitative estimate of drug-likeness (QED) is 0.835. The maximum absolute atomic E-state index is 11.1. The molecule has 0 aliphatic heterocycles. The minimum atomic E-state index is -0.953. The molecule has 1 rings (SSSR count). The first-order valence-electron chi connectivity index (χ1n) is 5.30. The summed E-state index contributed by atoms with van der Waals surface area (Å²) in [5.74, 6) is -0.387. The van der Waals surface area contributed by atoms with Crippen LogP contribution >= 0.6 is 11.6 Å². The molecule has 4 heteroatoms. The molecule has 0 spiro atoms. The number of carboxylic acid groups (broad SMARTS) is 1. The zero-order valence-corrected chi connectivity index (χ0v) is 10.8. The van der Waals surface area contributed by atoms with Crippen molar-refractivity contribution in [1.29, 1.82) is 0 Å².